The normalized spacial score (nSPS) is 22.8. The number of aromatic amines is 1. The molecule has 43 heteroatoms. The van der Waals surface area contributed by atoms with E-state index in [-0.39, 0.29) is 54.2 Å². The number of ether oxygens (including phenoxy) is 8. The molecule has 0 radical (unpaired) electrons. The number of amides is 5. The number of aliphatic carboxylic acids is 1. The molecule has 3 aromatic heterocycles. The topological polar surface area (TPSA) is 483 Å². The lowest BCUT2D eigenvalue weighted by molar-refractivity contribution is -0.145. The molecule has 8 N–H and O–H groups in total. The van der Waals surface area contributed by atoms with Crippen LogP contribution < -0.4 is 54.9 Å². The van der Waals surface area contributed by atoms with Crippen molar-refractivity contribution in [1.29, 1.82) is 0 Å². The second-order valence-electron chi connectivity index (χ2n) is 34.0. The summed E-state index contributed by atoms with van der Waals surface area (Å²) in [6, 6.07) is 24.0. The van der Waals surface area contributed by atoms with Crippen LogP contribution in [0.5, 0.6) is 29.1 Å². The van der Waals surface area contributed by atoms with E-state index in [4.69, 9.17) is 91.0 Å². The summed E-state index contributed by atoms with van der Waals surface area (Å²) >= 11 is 21.9. The predicted octanol–water partition coefficient (Wildman–Crippen LogP) is 12.1. The molecule has 6 heterocycles. The second-order valence-corrected chi connectivity index (χ2v) is 40.3. The maximum absolute atomic E-state index is 13.2. The Morgan fingerprint density at radius 1 is 0.609 bits per heavy atom. The van der Waals surface area contributed by atoms with Crippen LogP contribution in [0.25, 0.3) is 32.7 Å². The van der Waals surface area contributed by atoms with E-state index in [1.807, 2.05) is 62.3 Å². The molecule has 4 aliphatic carbocycles. The zero-order valence-corrected chi connectivity index (χ0v) is 79.4. The minimum absolute atomic E-state index is 0.0122. The number of carbonyl (C=O) groups excluding carboxylic acids is 6. The maximum atomic E-state index is 13.2. The van der Waals surface area contributed by atoms with Crippen molar-refractivity contribution in [2.75, 3.05) is 46.6 Å². The van der Waals surface area contributed by atoms with E-state index < -0.39 is 136 Å². The Bertz CT molecular complexity index is 5710. The molecular weight excluding hydrogens is 1860 g/mol. The van der Waals surface area contributed by atoms with Crippen LogP contribution in [-0.2, 0) is 81.5 Å². The summed E-state index contributed by atoms with van der Waals surface area (Å²) in [6.45, 7) is 24.7. The van der Waals surface area contributed by atoms with Crippen LogP contribution in [0.4, 0.5) is 9.59 Å². The highest BCUT2D eigenvalue weighted by Gasteiger charge is 2.62. The van der Waals surface area contributed by atoms with Gasteiger partial charge in [0.05, 0.1) is 105 Å². The Morgan fingerprint density at radius 3 is 1.55 bits per heavy atom. The molecule has 4 saturated carbocycles. The lowest BCUT2D eigenvalue weighted by Gasteiger charge is -2.27. The first kappa shape index (κ1) is 101. The van der Waals surface area contributed by atoms with Crippen molar-refractivity contribution in [1.82, 2.24) is 44.8 Å². The molecule has 14 rings (SSSR count). The summed E-state index contributed by atoms with van der Waals surface area (Å²) < 4.78 is 137. The highest BCUT2D eigenvalue weighted by atomic mass is 79.9. The Morgan fingerprint density at radius 2 is 1.09 bits per heavy atom. The van der Waals surface area contributed by atoms with Gasteiger partial charge in [0.15, 0.2) is 11.3 Å². The van der Waals surface area contributed by atoms with Crippen LogP contribution in [0.2, 0.25) is 15.1 Å². The van der Waals surface area contributed by atoms with Gasteiger partial charge in [-0.3, -0.25) is 33.2 Å². The quantitative estimate of drug-likeness (QED) is 0.0143. The van der Waals surface area contributed by atoms with Crippen LogP contribution in [0.1, 0.15) is 161 Å². The molecule has 3 aliphatic heterocycles. The van der Waals surface area contributed by atoms with Crippen LogP contribution >= 0.6 is 50.7 Å². The van der Waals surface area contributed by atoms with Crippen molar-refractivity contribution in [2.24, 2.45) is 17.6 Å². The summed E-state index contributed by atoms with van der Waals surface area (Å²) in [5.41, 5.74) is 2.18. The first-order valence-corrected chi connectivity index (χ1v) is 47.7. The number of carboxylic acids is 1. The van der Waals surface area contributed by atoms with E-state index in [9.17, 15) is 68.7 Å². The van der Waals surface area contributed by atoms with Crippen molar-refractivity contribution in [2.45, 2.75) is 235 Å². The number of carboxylic acid groups (broad SMARTS) is 1. The number of halogens is 4. The van der Waals surface area contributed by atoms with Gasteiger partial charge in [-0.2, -0.15) is 25.3 Å². The third-order valence-electron chi connectivity index (χ3n) is 21.4. The predicted molar refractivity (Wildman–Crippen MR) is 477 cm³/mol. The number of H-pyrrole nitrogens is 1. The third kappa shape index (κ3) is 26.6. The van der Waals surface area contributed by atoms with Crippen LogP contribution in [0.3, 0.4) is 0 Å². The number of likely N-dealkylation sites (tertiary alicyclic amines) is 2. The van der Waals surface area contributed by atoms with Crippen molar-refractivity contribution < 1.29 is 114 Å². The number of pyridine rings is 3. The molecule has 7 aromatic rings. The molecule has 0 bridgehead atoms. The number of para-hydroxylation sites is 3. The van der Waals surface area contributed by atoms with Crippen molar-refractivity contribution in [3.05, 3.63) is 127 Å². The van der Waals surface area contributed by atoms with E-state index in [1.165, 1.54) is 30.2 Å². The zero-order chi connectivity index (χ0) is 94.2. The van der Waals surface area contributed by atoms with Gasteiger partial charge >= 0.3 is 44.7 Å². The Hall–Kier alpha value is -9.20. The molecule has 3 saturated heterocycles. The number of nitrogens with two attached hydrogens (primary N) is 1. The number of benzene rings is 4. The van der Waals surface area contributed by atoms with Gasteiger partial charge in [0, 0.05) is 64.6 Å². The number of nitrogens with zero attached hydrogens (tertiary/aromatic N) is 4. The van der Waals surface area contributed by atoms with E-state index in [0.717, 1.165) is 21.2 Å². The van der Waals surface area contributed by atoms with Gasteiger partial charge in [0.1, 0.15) is 52.5 Å². The standard InChI is InChI=1S/C26H33ClN4O7S.C21H25ClN2O6.C17H22BrNO7S.C11H10ClNO2.C10H18N2O4S/c1-4-15-13-26(15,24(33)31-39(34,35)38-25(3)9-10-25)30-23(32)19-11-16(14-28-19)37-20-12-21(36-5-2)29-22-17(20)7-6-8-18(22)27;1-5-28-17-10-16(13-7-6-8-14(22)18(13)23-17)29-12-9-15(19(25)26)24(11-12)20(27)30-21(2,3)4;1-17(2,3)25-16(21)19-10-12(9-14(19)15(20)24-4)26-27(22,23)13-7-5-11(18)6-8-13;1-2-15-10-6-9(14)7-4-3-5-8(12)11(7)13-10;1-3-7-6-10(7,11)8(13)12-17(14,15)16-9(2)4-5-9/h6-8,12,15-16,19,28H,4-5,9-11,13-14H2,1-3H3,(H,30,32)(H,31,33);6-8,10,12,15H,5,9,11H2,1-4H3,(H,25,26);5-8,12,14H,9-10H2,1-4H3;3-6H,2H2,1H3,(H,13,14);7H,3-6,11H2,1-2H3,(H,12,13)/t15-,16-,19+,26-;12-,15+;12-,14-;;7-,10-/m110.1/s1. The number of esters is 1. The van der Waals surface area contributed by atoms with Gasteiger partial charge in [-0.25, -0.2) is 47.0 Å². The smallest absolute Gasteiger partial charge is 0.411 e. The molecule has 7 aliphatic rings. The lowest BCUT2D eigenvalue weighted by Crippen LogP contribution is -2.55. The SMILES string of the molecule is CCOc1cc(=O)c2cccc(Cl)c2[nH]1.CCOc1cc(O[C@@H]2C[C@@H](C(=O)O)N(C(=O)OC(C)(C)C)C2)c2cccc(Cl)c2n1.CCOc1cc(O[C@H]2CN[C@H](C(=O)N[C@]3(C(=O)NS(=O)(=O)OC4(C)CC4)C[C@H]3CC)C2)c2cccc(Cl)c2n1.CC[C@@H]1C[C@]1(N)C(=O)NS(=O)(=O)OC1(C)CC1.COC(=O)[C@@H]1C[C@H](OS(=O)(=O)c2ccc(Br)cc2)CN1C(=O)OC(C)(C)C. The molecule has 128 heavy (non-hydrogen) atoms. The summed E-state index contributed by atoms with van der Waals surface area (Å²) in [4.78, 5) is 113. The number of hydrogen-bond donors (Lipinski definition) is 7. The van der Waals surface area contributed by atoms with Gasteiger partial charge in [0.2, 0.25) is 17.7 Å². The van der Waals surface area contributed by atoms with E-state index in [1.54, 1.807) is 116 Å². The molecule has 700 valence electrons. The van der Waals surface area contributed by atoms with Crippen molar-refractivity contribution >= 4 is 156 Å². The van der Waals surface area contributed by atoms with Gasteiger partial charge in [-0.05, 0) is 187 Å². The fraction of sp³-hybridized carbons (Fsp3) is 0.529. The first-order chi connectivity index (χ1) is 59.9. The highest BCUT2D eigenvalue weighted by Crippen LogP contribution is 2.48. The molecule has 7 fully saturated rings. The summed E-state index contributed by atoms with van der Waals surface area (Å²) in [7, 11) is -11.2. The van der Waals surface area contributed by atoms with Crippen LogP contribution in [-0.4, -0.2) is 213 Å². The van der Waals surface area contributed by atoms with E-state index in [0.29, 0.717) is 149 Å². The second kappa shape index (κ2) is 41.1. The van der Waals surface area contributed by atoms with Gasteiger partial charge < -0.3 is 64.4 Å². The number of aromatic nitrogens is 3. The zero-order valence-electron chi connectivity index (χ0n) is 73.1. The van der Waals surface area contributed by atoms with Crippen LogP contribution in [0, 0.1) is 11.8 Å². The average molecular weight is 1970 g/mol. The summed E-state index contributed by atoms with van der Waals surface area (Å²) in [5, 5.41) is 19.0. The Labute approximate surface area is 765 Å². The number of rotatable bonds is 27. The highest BCUT2D eigenvalue weighted by molar-refractivity contribution is 9.10. The average Bonchev–Trinajstić information content (AvgIpc) is 1.57. The molecule has 5 amide bonds. The van der Waals surface area contributed by atoms with Crippen LogP contribution in [0.15, 0.2) is 111 Å². The molecule has 0 spiro atoms. The first-order valence-electron chi connectivity index (χ1n) is 41.5. The van der Waals surface area contributed by atoms with Gasteiger partial charge in [-0.1, -0.05) is 95.6 Å². The molecular formula is C85H108BrCl3N10O26S3. The Balaban J connectivity index is 0.000000173. The maximum Gasteiger partial charge on any atom is 0.411 e. The van der Waals surface area contributed by atoms with Crippen molar-refractivity contribution in [3.8, 4) is 29.1 Å². The number of nitrogens with one attached hydrogen (secondary N) is 5. The lowest BCUT2D eigenvalue weighted by atomic mass is 10.1. The molecule has 10 atom stereocenters. The number of hydrogen-bond acceptors (Lipinski definition) is 29. The minimum atomic E-state index is -4.29. The van der Waals surface area contributed by atoms with E-state index >= 15 is 0 Å². The van der Waals surface area contributed by atoms with Gasteiger partial charge in [0.25, 0.3) is 21.9 Å². The fourth-order valence-electron chi connectivity index (χ4n) is 14.2. The summed E-state index contributed by atoms with van der Waals surface area (Å²) in [5.74, 6) is -1.52. The fourth-order valence-corrected chi connectivity index (χ4v) is 18.5. The largest absolute Gasteiger partial charge is 0.488 e. The van der Waals surface area contributed by atoms with Crippen molar-refractivity contribution in [3.63, 3.8) is 0 Å². The molecule has 36 nitrogen and oxygen atoms in total. The van der Waals surface area contributed by atoms with Gasteiger partial charge in [-0.15, -0.1) is 0 Å². The minimum Gasteiger partial charge on any atom is -0.488 e. The number of fused-ring (bicyclic) bond motifs is 3. The Kier molecular flexibility index (Phi) is 32.4. The summed E-state index contributed by atoms with van der Waals surface area (Å²) in [6.07, 6.45) is 2.10. The molecule has 0 unspecified atom stereocenters. The monoisotopic (exact) mass is 1960 g/mol. The number of carbonyl (C=O) groups is 7. The van der Waals surface area contributed by atoms with E-state index in [2.05, 4.69) is 41.5 Å². The third-order valence-corrected chi connectivity index (χ3v) is 26.4. The molecule has 4 aromatic carbocycles. The number of methoxy groups -OCH3 is 1.